The molecule has 0 aromatic heterocycles. The van der Waals surface area contributed by atoms with Crippen molar-refractivity contribution in [1.29, 1.82) is 0 Å². The van der Waals surface area contributed by atoms with Gasteiger partial charge in [0.05, 0.1) is 15.7 Å². The van der Waals surface area contributed by atoms with E-state index < -0.39 is 15.7 Å². The van der Waals surface area contributed by atoms with E-state index in [0.717, 1.165) is 6.42 Å². The maximum Gasteiger partial charge on any atom is 0.0945 e. The van der Waals surface area contributed by atoms with Gasteiger partial charge in [-0.25, -0.2) is 4.21 Å². The highest BCUT2D eigenvalue weighted by molar-refractivity contribution is 7.84. The summed E-state index contributed by atoms with van der Waals surface area (Å²) in [7, 11) is -1.36. The fraction of sp³-hybridized carbons (Fsp3) is 0.400. The molecule has 1 unspecified atom stereocenters. The second-order valence-electron chi connectivity index (χ2n) is 7.05. The molecule has 2 aromatic rings. The lowest BCUT2D eigenvalue weighted by Crippen LogP contribution is -2.34. The molecule has 0 saturated heterocycles. The van der Waals surface area contributed by atoms with Crippen LogP contribution in [0.2, 0.25) is 0 Å². The first-order valence-corrected chi connectivity index (χ1v) is 9.33. The van der Waals surface area contributed by atoms with Crippen molar-refractivity contribution in [2.24, 2.45) is 5.14 Å². The highest BCUT2D eigenvalue weighted by Crippen LogP contribution is 2.34. The summed E-state index contributed by atoms with van der Waals surface area (Å²) < 4.78 is 11.5. The minimum Gasteiger partial charge on any atom is -0.251 e. The molecule has 0 aliphatic rings. The molecule has 2 nitrogen and oxygen atoms in total. The van der Waals surface area contributed by atoms with Gasteiger partial charge in [-0.15, -0.1) is 0 Å². The van der Waals surface area contributed by atoms with E-state index in [1.807, 2.05) is 19.9 Å². The molecule has 2 aromatic carbocycles. The van der Waals surface area contributed by atoms with Crippen LogP contribution >= 0.6 is 0 Å². The van der Waals surface area contributed by atoms with Crippen LogP contribution in [0.25, 0.3) is 0 Å². The Morgan fingerprint density at radius 1 is 0.913 bits per heavy atom. The highest BCUT2D eigenvalue weighted by atomic mass is 32.2. The first kappa shape index (κ1) is 17.9. The maximum absolute atomic E-state index is 11.9. The lowest BCUT2D eigenvalue weighted by atomic mass is 9.83. The third kappa shape index (κ3) is 4.52. The van der Waals surface area contributed by atoms with E-state index in [4.69, 9.17) is 5.14 Å². The Morgan fingerprint density at radius 2 is 1.39 bits per heavy atom. The molecule has 124 valence electrons. The Kier molecular flexibility index (Phi) is 5.77. The number of rotatable bonds is 6. The SMILES string of the molecule is CC(C)c1ccc([C@@H](CC(C)(C)S(N)=O)c2ccccc2)cc1. The fourth-order valence-corrected chi connectivity index (χ4v) is 3.13. The summed E-state index contributed by atoms with van der Waals surface area (Å²) in [5.41, 5.74) is 3.82. The zero-order valence-electron chi connectivity index (χ0n) is 14.5. The smallest absolute Gasteiger partial charge is 0.0945 e. The maximum atomic E-state index is 11.9. The van der Waals surface area contributed by atoms with E-state index in [0.29, 0.717) is 5.92 Å². The predicted octanol–water partition coefficient (Wildman–Crippen LogP) is 4.73. The van der Waals surface area contributed by atoms with E-state index in [9.17, 15) is 4.21 Å². The van der Waals surface area contributed by atoms with Gasteiger partial charge in [0.15, 0.2) is 0 Å². The van der Waals surface area contributed by atoms with Gasteiger partial charge in [0.25, 0.3) is 0 Å². The van der Waals surface area contributed by atoms with Gasteiger partial charge in [-0.3, -0.25) is 5.14 Å². The van der Waals surface area contributed by atoms with E-state index >= 15 is 0 Å². The molecule has 0 aliphatic heterocycles. The average molecular weight is 330 g/mol. The van der Waals surface area contributed by atoms with Gasteiger partial charge in [0.2, 0.25) is 0 Å². The normalized spacial score (nSPS) is 14.7. The molecule has 23 heavy (non-hydrogen) atoms. The highest BCUT2D eigenvalue weighted by Gasteiger charge is 2.29. The summed E-state index contributed by atoms with van der Waals surface area (Å²) in [6.07, 6.45) is 0.751. The van der Waals surface area contributed by atoms with E-state index in [2.05, 4.69) is 62.4 Å². The zero-order chi connectivity index (χ0) is 17.0. The minimum atomic E-state index is -1.36. The topological polar surface area (TPSA) is 43.1 Å². The molecule has 0 amide bonds. The first-order chi connectivity index (χ1) is 10.8. The molecule has 2 atom stereocenters. The van der Waals surface area contributed by atoms with Gasteiger partial charge in [-0.1, -0.05) is 68.4 Å². The van der Waals surface area contributed by atoms with Crippen LogP contribution in [0.15, 0.2) is 54.6 Å². The fourth-order valence-electron chi connectivity index (χ4n) is 2.80. The number of benzene rings is 2. The van der Waals surface area contributed by atoms with Crippen molar-refractivity contribution in [3.63, 3.8) is 0 Å². The Morgan fingerprint density at radius 3 is 1.87 bits per heavy atom. The molecule has 0 spiro atoms. The summed E-state index contributed by atoms with van der Waals surface area (Å²) in [4.78, 5) is 0. The number of hydrogen-bond acceptors (Lipinski definition) is 1. The zero-order valence-corrected chi connectivity index (χ0v) is 15.3. The van der Waals surface area contributed by atoms with Gasteiger partial charge >= 0.3 is 0 Å². The van der Waals surface area contributed by atoms with Crippen LogP contribution < -0.4 is 5.14 Å². The third-order valence-corrected chi connectivity index (χ3v) is 5.70. The Balaban J connectivity index is 2.39. The predicted molar refractivity (Wildman–Crippen MR) is 99.8 cm³/mol. The molecule has 3 heteroatoms. The first-order valence-electron chi connectivity index (χ1n) is 8.12. The third-order valence-electron chi connectivity index (χ3n) is 4.45. The molecule has 0 bridgehead atoms. The van der Waals surface area contributed by atoms with Crippen molar-refractivity contribution >= 4 is 11.0 Å². The molecule has 0 saturated carbocycles. The average Bonchev–Trinajstić information content (AvgIpc) is 2.53. The number of hydrogen-bond donors (Lipinski definition) is 1. The second-order valence-corrected chi connectivity index (χ2v) is 8.75. The minimum absolute atomic E-state index is 0.194. The van der Waals surface area contributed by atoms with Crippen molar-refractivity contribution < 1.29 is 4.21 Å². The molecular formula is C20H27NOS. The van der Waals surface area contributed by atoms with Crippen LogP contribution in [0.4, 0.5) is 0 Å². The van der Waals surface area contributed by atoms with Crippen molar-refractivity contribution in [1.82, 2.24) is 0 Å². The van der Waals surface area contributed by atoms with Gasteiger partial charge < -0.3 is 0 Å². The lowest BCUT2D eigenvalue weighted by molar-refractivity contribution is 0.556. The summed E-state index contributed by atoms with van der Waals surface area (Å²) in [6, 6.07) is 19.2. The van der Waals surface area contributed by atoms with Gasteiger partial charge in [-0.05, 0) is 42.9 Å². The summed E-state index contributed by atoms with van der Waals surface area (Å²) in [5.74, 6) is 0.715. The Hall–Kier alpha value is -1.45. The van der Waals surface area contributed by atoms with Crippen LogP contribution in [-0.2, 0) is 11.0 Å². The monoisotopic (exact) mass is 329 g/mol. The summed E-state index contributed by atoms with van der Waals surface area (Å²) in [5, 5.41) is 5.71. The van der Waals surface area contributed by atoms with Crippen molar-refractivity contribution in [2.45, 2.75) is 50.7 Å². The van der Waals surface area contributed by atoms with Crippen molar-refractivity contribution in [2.75, 3.05) is 0 Å². The van der Waals surface area contributed by atoms with E-state index in [-0.39, 0.29) is 5.92 Å². The van der Waals surface area contributed by atoms with Crippen molar-refractivity contribution in [3.8, 4) is 0 Å². The molecule has 0 radical (unpaired) electrons. The molecule has 0 fully saturated rings. The van der Waals surface area contributed by atoms with Crippen molar-refractivity contribution in [3.05, 3.63) is 71.3 Å². The van der Waals surface area contributed by atoms with Gasteiger partial charge in [-0.2, -0.15) is 0 Å². The summed E-state index contributed by atoms with van der Waals surface area (Å²) >= 11 is 0. The Bertz CT molecular complexity index is 647. The van der Waals surface area contributed by atoms with E-state index in [1.165, 1.54) is 16.7 Å². The van der Waals surface area contributed by atoms with Crippen LogP contribution in [0.5, 0.6) is 0 Å². The molecule has 0 heterocycles. The summed E-state index contributed by atoms with van der Waals surface area (Å²) in [6.45, 7) is 8.35. The van der Waals surface area contributed by atoms with Crippen LogP contribution in [0.1, 0.15) is 62.6 Å². The van der Waals surface area contributed by atoms with Gasteiger partial charge in [0.1, 0.15) is 0 Å². The Labute approximate surface area is 142 Å². The molecule has 2 rings (SSSR count). The van der Waals surface area contributed by atoms with Crippen LogP contribution in [0.3, 0.4) is 0 Å². The quantitative estimate of drug-likeness (QED) is 0.818. The molecule has 0 aliphatic carbocycles. The second kappa shape index (κ2) is 7.41. The van der Waals surface area contributed by atoms with Gasteiger partial charge in [0, 0.05) is 5.92 Å². The lowest BCUT2D eigenvalue weighted by Gasteiger charge is -2.28. The van der Waals surface area contributed by atoms with Crippen LogP contribution in [-0.4, -0.2) is 8.96 Å². The molecule has 2 N–H and O–H groups in total. The van der Waals surface area contributed by atoms with E-state index in [1.54, 1.807) is 0 Å². The van der Waals surface area contributed by atoms with Crippen LogP contribution in [0, 0.1) is 0 Å². The largest absolute Gasteiger partial charge is 0.251 e. The number of nitrogens with two attached hydrogens (primary N) is 1. The molecular weight excluding hydrogens is 302 g/mol. The standard InChI is InChI=1S/C20H27NOS/c1-15(2)16-10-12-18(13-11-16)19(14-20(3,4)23(21)22)17-8-6-5-7-9-17/h5-13,15,19H,14,21H2,1-4H3/t19-,23?/m0/s1.